The van der Waals surface area contributed by atoms with Crippen LogP contribution in [-0.4, -0.2) is 142 Å². The van der Waals surface area contributed by atoms with Crippen molar-refractivity contribution in [2.75, 3.05) is 26.4 Å². The van der Waals surface area contributed by atoms with Crippen molar-refractivity contribution in [2.24, 2.45) is 0 Å². The maximum absolute atomic E-state index is 13.0. The number of aliphatic hydroxyl groups is 7. The molecule has 2 rings (SSSR count). The van der Waals surface area contributed by atoms with Crippen molar-refractivity contribution in [1.82, 2.24) is 0 Å². The highest BCUT2D eigenvalue weighted by Crippen LogP contribution is 2.26. The number of rotatable bonds is 36. The molecule has 4 unspecified atom stereocenters. The Labute approximate surface area is 376 Å². The standard InChI is InChI=1S/C48H84O15/c1-3-5-7-9-11-13-15-17-18-19-21-23-25-27-29-31-40(51)61-36(33-58-39(50)30-28-26-24-22-20-16-14-12-10-8-6-4-2)34-59-47-46(57)44(55)42(53)38(63-47)35-60-48-45(56)43(54)41(52)37(32-49)62-48/h5,7,11,13,17-18,36-38,41-49,52-57H,3-4,6,8-10,12,14-16,19-35H2,1-2H3/b7-5+,13-11+,18-17+/t36-,37-,38-,41+,42+,43?,44?,45?,46?,47-,48-/m1/s1. The Hall–Kier alpha value is -2.28. The summed E-state index contributed by atoms with van der Waals surface area (Å²) in [4.78, 5) is 25.7. The molecule has 2 aliphatic rings. The van der Waals surface area contributed by atoms with Gasteiger partial charge in [0.25, 0.3) is 0 Å². The topological polar surface area (TPSA) is 231 Å². The number of allylic oxidation sites excluding steroid dienone is 6. The quantitative estimate of drug-likeness (QED) is 0.0225. The molecule has 0 aliphatic carbocycles. The highest BCUT2D eigenvalue weighted by atomic mass is 16.7. The predicted octanol–water partition coefficient (Wildman–Crippen LogP) is 5.76. The van der Waals surface area contributed by atoms with Crippen molar-refractivity contribution >= 4 is 11.9 Å². The van der Waals surface area contributed by atoms with E-state index in [1.54, 1.807) is 0 Å². The third-order valence-corrected chi connectivity index (χ3v) is 11.4. The van der Waals surface area contributed by atoms with Gasteiger partial charge in [-0.15, -0.1) is 0 Å². The van der Waals surface area contributed by atoms with E-state index in [4.69, 9.17) is 28.4 Å². The summed E-state index contributed by atoms with van der Waals surface area (Å²) in [5.41, 5.74) is 0. The zero-order valence-corrected chi connectivity index (χ0v) is 38.3. The summed E-state index contributed by atoms with van der Waals surface area (Å²) in [7, 11) is 0. The number of esters is 2. The van der Waals surface area contributed by atoms with Gasteiger partial charge in [0.15, 0.2) is 18.7 Å². The average Bonchev–Trinajstić information content (AvgIpc) is 3.28. The van der Waals surface area contributed by atoms with Crippen molar-refractivity contribution in [3.05, 3.63) is 36.5 Å². The minimum absolute atomic E-state index is 0.147. The lowest BCUT2D eigenvalue weighted by atomic mass is 9.98. The number of ether oxygens (including phenoxy) is 6. The molecule has 15 heteroatoms. The first-order valence-corrected chi connectivity index (χ1v) is 24.1. The smallest absolute Gasteiger partial charge is 0.306 e. The van der Waals surface area contributed by atoms with Gasteiger partial charge in [0.2, 0.25) is 0 Å². The Balaban J connectivity index is 1.85. The van der Waals surface area contributed by atoms with Gasteiger partial charge in [-0.3, -0.25) is 9.59 Å². The summed E-state index contributed by atoms with van der Waals surface area (Å²) in [6.45, 7) is 2.44. The fourth-order valence-electron chi connectivity index (χ4n) is 7.41. The molecule has 0 amide bonds. The molecule has 0 saturated carbocycles. The summed E-state index contributed by atoms with van der Waals surface area (Å²) in [5, 5.41) is 71.9. The van der Waals surface area contributed by atoms with E-state index in [9.17, 15) is 45.3 Å². The zero-order chi connectivity index (χ0) is 46.1. The minimum atomic E-state index is -1.77. The molecule has 0 spiro atoms. The molecule has 0 bridgehead atoms. The highest BCUT2D eigenvalue weighted by molar-refractivity contribution is 5.70. The molecule has 11 atom stereocenters. The van der Waals surface area contributed by atoms with E-state index in [1.807, 2.05) is 0 Å². The van der Waals surface area contributed by atoms with Crippen LogP contribution in [0.25, 0.3) is 0 Å². The van der Waals surface area contributed by atoms with Gasteiger partial charge in [-0.05, 0) is 44.9 Å². The number of hydrogen-bond donors (Lipinski definition) is 7. The number of aliphatic hydroxyl groups excluding tert-OH is 7. The maximum atomic E-state index is 13.0. The third-order valence-electron chi connectivity index (χ3n) is 11.4. The van der Waals surface area contributed by atoms with Gasteiger partial charge in [0, 0.05) is 12.8 Å². The molecular weight excluding hydrogens is 817 g/mol. The Morgan fingerprint density at radius 1 is 0.524 bits per heavy atom. The fourth-order valence-corrected chi connectivity index (χ4v) is 7.41. The monoisotopic (exact) mass is 901 g/mol. The fraction of sp³-hybridized carbons (Fsp3) is 0.833. The molecule has 0 aromatic heterocycles. The summed E-state index contributed by atoms with van der Waals surface area (Å²) in [6, 6.07) is 0. The summed E-state index contributed by atoms with van der Waals surface area (Å²) < 4.78 is 33.5. The molecule has 7 N–H and O–H groups in total. The van der Waals surface area contributed by atoms with Crippen LogP contribution in [0.5, 0.6) is 0 Å². The first-order chi connectivity index (χ1) is 30.5. The van der Waals surface area contributed by atoms with Crippen LogP contribution in [0.2, 0.25) is 0 Å². The normalized spacial score (nSPS) is 27.1. The van der Waals surface area contributed by atoms with E-state index in [0.29, 0.717) is 12.8 Å². The number of unbranched alkanes of at least 4 members (excludes halogenated alkanes) is 16. The molecule has 2 saturated heterocycles. The van der Waals surface area contributed by atoms with Crippen molar-refractivity contribution in [1.29, 1.82) is 0 Å². The molecule has 366 valence electrons. The molecule has 2 fully saturated rings. The van der Waals surface area contributed by atoms with Crippen molar-refractivity contribution in [3.63, 3.8) is 0 Å². The molecular formula is C48H84O15. The van der Waals surface area contributed by atoms with E-state index in [-0.39, 0.29) is 26.1 Å². The predicted molar refractivity (Wildman–Crippen MR) is 238 cm³/mol. The molecule has 0 aromatic rings. The van der Waals surface area contributed by atoms with Gasteiger partial charge in [-0.2, -0.15) is 0 Å². The second-order valence-electron chi connectivity index (χ2n) is 16.9. The maximum Gasteiger partial charge on any atom is 0.306 e. The molecule has 0 radical (unpaired) electrons. The third kappa shape index (κ3) is 24.7. The van der Waals surface area contributed by atoms with Gasteiger partial charge >= 0.3 is 11.9 Å². The molecule has 63 heavy (non-hydrogen) atoms. The first-order valence-electron chi connectivity index (χ1n) is 24.1. The Kier molecular flexibility index (Phi) is 32.4. The summed E-state index contributed by atoms with van der Waals surface area (Å²) >= 11 is 0. The lowest BCUT2D eigenvalue weighted by molar-refractivity contribution is -0.332. The Bertz CT molecular complexity index is 1240. The number of carbonyl (C=O) groups excluding carboxylic acids is 2. The van der Waals surface area contributed by atoms with Crippen LogP contribution < -0.4 is 0 Å². The summed E-state index contributed by atoms with van der Waals surface area (Å²) in [5.74, 6) is -0.944. The molecule has 2 aliphatic heterocycles. The molecule has 0 aromatic carbocycles. The Morgan fingerprint density at radius 3 is 1.57 bits per heavy atom. The SMILES string of the molecule is CC/C=C/C/C=C/C/C=C/CCCCCCCC(=O)O[C@H](COC(=O)CCCCCCCCCCCCCC)CO[C@@H]1O[C@H](CO[C@@H]2O[C@H](CO)[C@H](O)C(O)C2O)[C@H](O)C(O)C1O. The van der Waals surface area contributed by atoms with Crippen LogP contribution in [0.4, 0.5) is 0 Å². The van der Waals surface area contributed by atoms with E-state index < -0.39 is 92.7 Å². The van der Waals surface area contributed by atoms with Crippen LogP contribution in [0.15, 0.2) is 36.5 Å². The zero-order valence-electron chi connectivity index (χ0n) is 38.3. The lowest BCUT2D eigenvalue weighted by Crippen LogP contribution is -2.61. The van der Waals surface area contributed by atoms with E-state index in [2.05, 4.69) is 50.3 Å². The van der Waals surface area contributed by atoms with Gasteiger partial charge < -0.3 is 64.2 Å². The van der Waals surface area contributed by atoms with E-state index >= 15 is 0 Å². The second-order valence-corrected chi connectivity index (χ2v) is 16.9. The van der Waals surface area contributed by atoms with Crippen LogP contribution in [0, 0.1) is 0 Å². The van der Waals surface area contributed by atoms with Crippen LogP contribution in [0.1, 0.15) is 162 Å². The van der Waals surface area contributed by atoms with Gasteiger partial charge in [0.1, 0.15) is 55.4 Å². The van der Waals surface area contributed by atoms with Gasteiger partial charge in [-0.1, -0.05) is 140 Å². The van der Waals surface area contributed by atoms with Crippen LogP contribution in [-0.2, 0) is 38.0 Å². The van der Waals surface area contributed by atoms with Gasteiger partial charge in [-0.25, -0.2) is 0 Å². The minimum Gasteiger partial charge on any atom is -0.462 e. The number of hydrogen-bond acceptors (Lipinski definition) is 15. The average molecular weight is 901 g/mol. The number of carbonyl (C=O) groups is 2. The van der Waals surface area contributed by atoms with Crippen molar-refractivity contribution in [2.45, 2.75) is 229 Å². The summed E-state index contributed by atoms with van der Waals surface area (Å²) in [6.07, 6.45) is 18.9. The van der Waals surface area contributed by atoms with Crippen molar-refractivity contribution < 1.29 is 73.8 Å². The molecule has 15 nitrogen and oxygen atoms in total. The largest absolute Gasteiger partial charge is 0.462 e. The van der Waals surface area contributed by atoms with Crippen molar-refractivity contribution in [3.8, 4) is 0 Å². The highest BCUT2D eigenvalue weighted by Gasteiger charge is 2.47. The molecule has 2 heterocycles. The lowest BCUT2D eigenvalue weighted by Gasteiger charge is -2.42. The van der Waals surface area contributed by atoms with E-state index in [0.717, 1.165) is 70.6 Å². The second kappa shape index (κ2) is 35.9. The Morgan fingerprint density at radius 2 is 1.00 bits per heavy atom. The van der Waals surface area contributed by atoms with Crippen LogP contribution >= 0.6 is 0 Å². The van der Waals surface area contributed by atoms with Crippen LogP contribution in [0.3, 0.4) is 0 Å². The first kappa shape index (κ1) is 56.8. The van der Waals surface area contributed by atoms with E-state index in [1.165, 1.54) is 51.4 Å². The van der Waals surface area contributed by atoms with Gasteiger partial charge in [0.05, 0.1) is 19.8 Å².